The molecule has 20 heavy (non-hydrogen) atoms. The highest BCUT2D eigenvalue weighted by molar-refractivity contribution is 6.31. The third-order valence-corrected chi connectivity index (χ3v) is 6.42. The molecule has 1 nitrogen and oxygen atoms in total. The number of nitrogens with one attached hydrogen (secondary N) is 1. The van der Waals surface area contributed by atoms with E-state index in [1.54, 1.807) is 0 Å². The SMILES string of the molecule is Cc1ccc(CNC2C3(C)CCC(C3)C2(C)C)cc1Cl. The normalized spacial score (nSPS) is 34.6. The van der Waals surface area contributed by atoms with E-state index in [1.807, 2.05) is 0 Å². The lowest BCUT2D eigenvalue weighted by Crippen LogP contribution is -2.49. The summed E-state index contributed by atoms with van der Waals surface area (Å²) in [5.41, 5.74) is 3.36. The molecule has 1 aromatic rings. The Morgan fingerprint density at radius 3 is 2.65 bits per heavy atom. The zero-order valence-corrected chi connectivity index (χ0v) is 13.8. The van der Waals surface area contributed by atoms with E-state index in [2.05, 4.69) is 51.2 Å². The Hall–Kier alpha value is -0.530. The highest BCUT2D eigenvalue weighted by atomic mass is 35.5. The Labute approximate surface area is 128 Å². The molecule has 3 rings (SSSR count). The molecule has 2 bridgehead atoms. The van der Waals surface area contributed by atoms with E-state index in [-0.39, 0.29) is 0 Å². The summed E-state index contributed by atoms with van der Waals surface area (Å²) in [6.07, 6.45) is 4.19. The maximum Gasteiger partial charge on any atom is 0.0438 e. The first-order chi connectivity index (χ1) is 9.33. The van der Waals surface area contributed by atoms with Gasteiger partial charge in [0.1, 0.15) is 0 Å². The van der Waals surface area contributed by atoms with Crippen molar-refractivity contribution in [2.45, 2.75) is 59.5 Å². The number of halogens is 1. The second-order valence-corrected chi connectivity index (χ2v) is 8.22. The van der Waals surface area contributed by atoms with Crippen molar-refractivity contribution in [1.82, 2.24) is 5.32 Å². The van der Waals surface area contributed by atoms with Gasteiger partial charge in [-0.05, 0) is 60.1 Å². The Balaban J connectivity index is 1.73. The van der Waals surface area contributed by atoms with Crippen LogP contribution in [0.1, 0.15) is 51.2 Å². The molecule has 110 valence electrons. The Morgan fingerprint density at radius 2 is 2.05 bits per heavy atom. The summed E-state index contributed by atoms with van der Waals surface area (Å²) in [5.74, 6) is 0.895. The lowest BCUT2D eigenvalue weighted by atomic mass is 9.68. The fraction of sp³-hybridized carbons (Fsp3) is 0.667. The predicted molar refractivity (Wildman–Crippen MR) is 86.0 cm³/mol. The molecule has 2 fully saturated rings. The third kappa shape index (κ3) is 2.19. The van der Waals surface area contributed by atoms with Gasteiger partial charge in [0.15, 0.2) is 0 Å². The molecule has 2 aliphatic rings. The maximum atomic E-state index is 6.23. The van der Waals surface area contributed by atoms with Gasteiger partial charge in [0.25, 0.3) is 0 Å². The largest absolute Gasteiger partial charge is 0.309 e. The van der Waals surface area contributed by atoms with E-state index < -0.39 is 0 Å². The van der Waals surface area contributed by atoms with Crippen LogP contribution < -0.4 is 5.32 Å². The second-order valence-electron chi connectivity index (χ2n) is 7.81. The van der Waals surface area contributed by atoms with Gasteiger partial charge in [-0.1, -0.05) is 44.5 Å². The molecule has 1 N–H and O–H groups in total. The lowest BCUT2D eigenvalue weighted by Gasteiger charge is -2.43. The monoisotopic (exact) mass is 291 g/mol. The fourth-order valence-electron chi connectivity index (χ4n) is 4.78. The number of hydrogen-bond acceptors (Lipinski definition) is 1. The van der Waals surface area contributed by atoms with Crippen molar-refractivity contribution in [2.75, 3.05) is 0 Å². The van der Waals surface area contributed by atoms with Crippen molar-refractivity contribution in [3.8, 4) is 0 Å². The first-order valence-corrected chi connectivity index (χ1v) is 8.19. The molecule has 3 unspecified atom stereocenters. The van der Waals surface area contributed by atoms with E-state index in [0.717, 1.165) is 23.0 Å². The molecule has 2 saturated carbocycles. The lowest BCUT2D eigenvalue weighted by molar-refractivity contribution is 0.108. The minimum Gasteiger partial charge on any atom is -0.309 e. The van der Waals surface area contributed by atoms with Crippen LogP contribution in [-0.4, -0.2) is 6.04 Å². The van der Waals surface area contributed by atoms with Gasteiger partial charge in [-0.2, -0.15) is 0 Å². The molecular formula is C18H26ClN. The van der Waals surface area contributed by atoms with Crippen LogP contribution in [0.2, 0.25) is 5.02 Å². The van der Waals surface area contributed by atoms with E-state index in [9.17, 15) is 0 Å². The summed E-state index contributed by atoms with van der Waals surface area (Å²) in [7, 11) is 0. The van der Waals surface area contributed by atoms with E-state index in [0.29, 0.717) is 16.9 Å². The molecule has 2 heteroatoms. The van der Waals surface area contributed by atoms with Gasteiger partial charge < -0.3 is 5.32 Å². The van der Waals surface area contributed by atoms with Gasteiger partial charge in [0.05, 0.1) is 0 Å². The minimum atomic E-state index is 0.418. The van der Waals surface area contributed by atoms with Crippen molar-refractivity contribution in [2.24, 2.45) is 16.7 Å². The van der Waals surface area contributed by atoms with Gasteiger partial charge in [-0.25, -0.2) is 0 Å². The van der Waals surface area contributed by atoms with Crippen LogP contribution in [0.15, 0.2) is 18.2 Å². The topological polar surface area (TPSA) is 12.0 Å². The number of fused-ring (bicyclic) bond motifs is 2. The van der Waals surface area contributed by atoms with Gasteiger partial charge in [-0.15, -0.1) is 0 Å². The fourth-order valence-corrected chi connectivity index (χ4v) is 4.98. The minimum absolute atomic E-state index is 0.418. The smallest absolute Gasteiger partial charge is 0.0438 e. The van der Waals surface area contributed by atoms with Crippen LogP contribution in [0.25, 0.3) is 0 Å². The van der Waals surface area contributed by atoms with Gasteiger partial charge in [-0.3, -0.25) is 0 Å². The first kappa shape index (κ1) is 14.4. The molecule has 0 spiro atoms. The molecular weight excluding hydrogens is 266 g/mol. The van der Waals surface area contributed by atoms with Crippen LogP contribution in [0.4, 0.5) is 0 Å². The van der Waals surface area contributed by atoms with Crippen molar-refractivity contribution < 1.29 is 0 Å². The zero-order chi connectivity index (χ0) is 14.5. The van der Waals surface area contributed by atoms with Crippen LogP contribution in [0.5, 0.6) is 0 Å². The van der Waals surface area contributed by atoms with E-state index >= 15 is 0 Å². The standard InChI is InChI=1S/C18H26ClN/c1-12-5-6-13(9-15(12)19)11-20-16-17(2,3)14-7-8-18(16,4)10-14/h5-6,9,14,16,20H,7-8,10-11H2,1-4H3. The summed E-state index contributed by atoms with van der Waals surface area (Å²) >= 11 is 6.23. The summed E-state index contributed by atoms with van der Waals surface area (Å²) in [4.78, 5) is 0. The quantitative estimate of drug-likeness (QED) is 0.830. The van der Waals surface area contributed by atoms with Crippen molar-refractivity contribution in [1.29, 1.82) is 0 Å². The van der Waals surface area contributed by atoms with E-state index in [1.165, 1.54) is 24.8 Å². The highest BCUT2D eigenvalue weighted by Crippen LogP contribution is 2.62. The average Bonchev–Trinajstić information content (AvgIpc) is 2.84. The van der Waals surface area contributed by atoms with Crippen molar-refractivity contribution in [3.63, 3.8) is 0 Å². The van der Waals surface area contributed by atoms with Gasteiger partial charge in [0.2, 0.25) is 0 Å². The summed E-state index contributed by atoms with van der Waals surface area (Å²) in [6, 6.07) is 7.03. The summed E-state index contributed by atoms with van der Waals surface area (Å²) < 4.78 is 0. The molecule has 0 saturated heterocycles. The van der Waals surface area contributed by atoms with Crippen molar-refractivity contribution >= 4 is 11.6 Å². The molecule has 2 aliphatic carbocycles. The third-order valence-electron chi connectivity index (χ3n) is 6.02. The molecule has 3 atom stereocenters. The number of aryl methyl sites for hydroxylation is 1. The molecule has 0 aliphatic heterocycles. The number of rotatable bonds is 3. The molecule has 1 aromatic carbocycles. The number of hydrogen-bond donors (Lipinski definition) is 1. The Kier molecular flexibility index (Phi) is 3.42. The molecule has 0 heterocycles. The molecule has 0 aromatic heterocycles. The average molecular weight is 292 g/mol. The number of benzene rings is 1. The Bertz CT molecular complexity index is 517. The Morgan fingerprint density at radius 1 is 1.30 bits per heavy atom. The van der Waals surface area contributed by atoms with Crippen LogP contribution in [0, 0.1) is 23.7 Å². The van der Waals surface area contributed by atoms with Gasteiger partial charge in [0, 0.05) is 17.6 Å². The van der Waals surface area contributed by atoms with Crippen LogP contribution in [0.3, 0.4) is 0 Å². The van der Waals surface area contributed by atoms with E-state index in [4.69, 9.17) is 11.6 Å². The van der Waals surface area contributed by atoms with Crippen molar-refractivity contribution in [3.05, 3.63) is 34.3 Å². The van der Waals surface area contributed by atoms with Crippen LogP contribution >= 0.6 is 11.6 Å². The predicted octanol–water partition coefficient (Wildman–Crippen LogP) is 4.95. The highest BCUT2D eigenvalue weighted by Gasteiger charge is 2.58. The zero-order valence-electron chi connectivity index (χ0n) is 13.1. The second kappa shape index (κ2) is 4.74. The van der Waals surface area contributed by atoms with Gasteiger partial charge >= 0.3 is 0 Å². The van der Waals surface area contributed by atoms with Crippen LogP contribution in [-0.2, 0) is 6.54 Å². The molecule has 0 amide bonds. The summed E-state index contributed by atoms with van der Waals surface area (Å²) in [5, 5.41) is 4.73. The molecule has 0 radical (unpaired) electrons. The maximum absolute atomic E-state index is 6.23. The first-order valence-electron chi connectivity index (χ1n) is 7.81. The summed E-state index contributed by atoms with van der Waals surface area (Å²) in [6.45, 7) is 10.3.